The van der Waals surface area contributed by atoms with E-state index >= 15 is 0 Å². The number of nitrogens with zero attached hydrogens (tertiary/aromatic N) is 1. The van der Waals surface area contributed by atoms with Crippen molar-refractivity contribution in [2.24, 2.45) is 5.73 Å². The monoisotopic (exact) mass is 296 g/mol. The average Bonchev–Trinajstić information content (AvgIpc) is 3.21. The highest BCUT2D eigenvalue weighted by molar-refractivity contribution is 5.85. The van der Waals surface area contributed by atoms with Crippen molar-refractivity contribution in [1.29, 1.82) is 0 Å². The first kappa shape index (κ1) is 17.0. The molecule has 1 fully saturated rings. The van der Waals surface area contributed by atoms with Crippen molar-refractivity contribution in [3.63, 3.8) is 0 Å². The molecule has 1 saturated carbocycles. The number of amides is 1. The number of nitrogens with two attached hydrogens (primary N) is 1. The Hall–Kier alpha value is -1.06. The van der Waals surface area contributed by atoms with Crippen molar-refractivity contribution in [2.75, 3.05) is 6.54 Å². The van der Waals surface area contributed by atoms with Gasteiger partial charge < -0.3 is 10.6 Å². The summed E-state index contributed by atoms with van der Waals surface area (Å²) in [6.07, 6.45) is 2.74. The summed E-state index contributed by atoms with van der Waals surface area (Å²) in [5.74, 6) is 0.741. The Kier molecular flexibility index (Phi) is 6.50. The third-order valence-electron chi connectivity index (χ3n) is 3.67. The van der Waals surface area contributed by atoms with Crippen LogP contribution < -0.4 is 5.73 Å². The molecule has 3 nitrogen and oxygen atoms in total. The average molecular weight is 297 g/mol. The molecule has 0 spiro atoms. The van der Waals surface area contributed by atoms with E-state index in [2.05, 4.69) is 38.1 Å². The van der Waals surface area contributed by atoms with Crippen LogP contribution in [0.2, 0.25) is 0 Å². The molecule has 0 radical (unpaired) electrons. The lowest BCUT2D eigenvalue weighted by Crippen LogP contribution is -2.33. The fourth-order valence-corrected chi connectivity index (χ4v) is 2.28. The van der Waals surface area contributed by atoms with E-state index in [1.165, 1.54) is 11.1 Å². The molecular formula is C16H25ClN2O. The second kappa shape index (κ2) is 7.65. The predicted molar refractivity (Wildman–Crippen MR) is 85.0 cm³/mol. The van der Waals surface area contributed by atoms with E-state index in [9.17, 15) is 4.79 Å². The van der Waals surface area contributed by atoms with Crippen molar-refractivity contribution >= 4 is 18.3 Å². The molecule has 0 heterocycles. The quantitative estimate of drug-likeness (QED) is 0.877. The van der Waals surface area contributed by atoms with Crippen molar-refractivity contribution in [3.8, 4) is 0 Å². The van der Waals surface area contributed by atoms with E-state index in [0.29, 0.717) is 24.9 Å². The minimum atomic E-state index is 0. The third kappa shape index (κ3) is 4.50. The largest absolute Gasteiger partial charge is 0.335 e. The molecule has 0 atom stereocenters. The van der Waals surface area contributed by atoms with Crippen LogP contribution in [0.15, 0.2) is 24.3 Å². The van der Waals surface area contributed by atoms with Gasteiger partial charge in [0.15, 0.2) is 0 Å². The van der Waals surface area contributed by atoms with E-state index in [1.54, 1.807) is 0 Å². The van der Waals surface area contributed by atoms with Gasteiger partial charge in [0.1, 0.15) is 0 Å². The standard InChI is InChI=1S/C16H24N2O.ClH/c1-12(2)14-5-3-13(4-6-14)11-18(15-7-8-15)16(19)9-10-17;/h3-6,12,15H,7-11,17H2,1-2H3;1H. The maximum absolute atomic E-state index is 12.1. The lowest BCUT2D eigenvalue weighted by Gasteiger charge is -2.22. The highest BCUT2D eigenvalue weighted by Crippen LogP contribution is 2.29. The molecule has 1 aromatic carbocycles. The molecule has 0 aromatic heterocycles. The van der Waals surface area contributed by atoms with Crippen LogP contribution in [0, 0.1) is 0 Å². The first-order chi connectivity index (χ1) is 9.11. The van der Waals surface area contributed by atoms with Gasteiger partial charge in [-0.2, -0.15) is 0 Å². The lowest BCUT2D eigenvalue weighted by molar-refractivity contribution is -0.132. The lowest BCUT2D eigenvalue weighted by atomic mass is 10.0. The smallest absolute Gasteiger partial charge is 0.224 e. The second-order valence-electron chi connectivity index (χ2n) is 5.69. The molecule has 4 heteroatoms. The topological polar surface area (TPSA) is 46.3 Å². The van der Waals surface area contributed by atoms with Gasteiger partial charge in [-0.1, -0.05) is 38.1 Å². The molecule has 0 aliphatic heterocycles. The SMILES string of the molecule is CC(C)c1ccc(CN(C(=O)CCN)C2CC2)cc1.Cl. The first-order valence-electron chi connectivity index (χ1n) is 7.20. The molecule has 1 aliphatic rings. The fraction of sp³-hybridized carbons (Fsp3) is 0.562. The Labute approximate surface area is 127 Å². The number of halogens is 1. The van der Waals surface area contributed by atoms with Crippen molar-refractivity contribution in [1.82, 2.24) is 4.90 Å². The van der Waals surface area contributed by atoms with Gasteiger partial charge in [-0.3, -0.25) is 4.79 Å². The molecule has 0 bridgehead atoms. The molecule has 20 heavy (non-hydrogen) atoms. The van der Waals surface area contributed by atoms with Gasteiger partial charge in [-0.05, 0) is 29.9 Å². The zero-order valence-electron chi connectivity index (χ0n) is 12.3. The summed E-state index contributed by atoms with van der Waals surface area (Å²) in [6, 6.07) is 9.06. The van der Waals surface area contributed by atoms with Crippen LogP contribution in [-0.2, 0) is 11.3 Å². The van der Waals surface area contributed by atoms with Gasteiger partial charge >= 0.3 is 0 Å². The van der Waals surface area contributed by atoms with Crippen LogP contribution >= 0.6 is 12.4 Å². The van der Waals surface area contributed by atoms with E-state index < -0.39 is 0 Å². The molecule has 112 valence electrons. The van der Waals surface area contributed by atoms with Crippen LogP contribution in [-0.4, -0.2) is 23.4 Å². The molecule has 1 aromatic rings. The highest BCUT2D eigenvalue weighted by Gasteiger charge is 2.31. The van der Waals surface area contributed by atoms with Crippen LogP contribution in [0.3, 0.4) is 0 Å². The van der Waals surface area contributed by atoms with E-state index in [1.807, 2.05) is 4.90 Å². The first-order valence-corrected chi connectivity index (χ1v) is 7.20. The van der Waals surface area contributed by atoms with E-state index in [4.69, 9.17) is 5.73 Å². The zero-order valence-corrected chi connectivity index (χ0v) is 13.2. The normalized spacial score (nSPS) is 14.0. The summed E-state index contributed by atoms with van der Waals surface area (Å²) in [5.41, 5.74) is 8.04. The zero-order chi connectivity index (χ0) is 13.8. The van der Waals surface area contributed by atoms with Crippen LogP contribution in [0.4, 0.5) is 0 Å². The molecule has 1 amide bonds. The summed E-state index contributed by atoms with van der Waals surface area (Å²) in [7, 11) is 0. The van der Waals surface area contributed by atoms with Gasteiger partial charge in [0.25, 0.3) is 0 Å². The number of hydrogen-bond donors (Lipinski definition) is 1. The summed E-state index contributed by atoms with van der Waals surface area (Å²) < 4.78 is 0. The van der Waals surface area contributed by atoms with E-state index in [-0.39, 0.29) is 18.3 Å². The summed E-state index contributed by atoms with van der Waals surface area (Å²) in [6.45, 7) is 5.54. The summed E-state index contributed by atoms with van der Waals surface area (Å²) in [5, 5.41) is 0. The van der Waals surface area contributed by atoms with Crippen molar-refractivity contribution in [2.45, 2.75) is 51.6 Å². The highest BCUT2D eigenvalue weighted by atomic mass is 35.5. The number of carbonyl (C=O) groups is 1. The van der Waals surface area contributed by atoms with E-state index in [0.717, 1.165) is 19.4 Å². The minimum absolute atomic E-state index is 0. The number of rotatable bonds is 6. The van der Waals surface area contributed by atoms with Gasteiger partial charge in [-0.25, -0.2) is 0 Å². The maximum Gasteiger partial charge on any atom is 0.224 e. The molecule has 0 saturated heterocycles. The van der Waals surface area contributed by atoms with Crippen LogP contribution in [0.25, 0.3) is 0 Å². The Morgan fingerprint density at radius 3 is 2.35 bits per heavy atom. The van der Waals surface area contributed by atoms with Crippen molar-refractivity contribution < 1.29 is 4.79 Å². The number of carbonyl (C=O) groups excluding carboxylic acids is 1. The second-order valence-corrected chi connectivity index (χ2v) is 5.69. The number of hydrogen-bond acceptors (Lipinski definition) is 2. The third-order valence-corrected chi connectivity index (χ3v) is 3.67. The number of benzene rings is 1. The summed E-state index contributed by atoms with van der Waals surface area (Å²) >= 11 is 0. The Morgan fingerprint density at radius 1 is 1.30 bits per heavy atom. The van der Waals surface area contributed by atoms with Gasteiger partial charge in [0.2, 0.25) is 5.91 Å². The minimum Gasteiger partial charge on any atom is -0.335 e. The Bertz CT molecular complexity index is 427. The molecule has 2 rings (SSSR count). The van der Waals surface area contributed by atoms with Crippen LogP contribution in [0.1, 0.15) is 50.2 Å². The molecule has 1 aliphatic carbocycles. The van der Waals surface area contributed by atoms with Gasteiger partial charge in [0.05, 0.1) is 0 Å². The molecule has 2 N–H and O–H groups in total. The van der Waals surface area contributed by atoms with Gasteiger partial charge in [-0.15, -0.1) is 12.4 Å². The maximum atomic E-state index is 12.1. The predicted octanol–water partition coefficient (Wildman–Crippen LogP) is 3.07. The molecule has 0 unspecified atom stereocenters. The Balaban J connectivity index is 0.00000200. The van der Waals surface area contributed by atoms with Crippen LogP contribution in [0.5, 0.6) is 0 Å². The summed E-state index contributed by atoms with van der Waals surface area (Å²) in [4.78, 5) is 14.0. The Morgan fingerprint density at radius 2 is 1.90 bits per heavy atom. The van der Waals surface area contributed by atoms with Gasteiger partial charge in [0, 0.05) is 25.6 Å². The molecular weight excluding hydrogens is 272 g/mol. The van der Waals surface area contributed by atoms with Crippen molar-refractivity contribution in [3.05, 3.63) is 35.4 Å². The fourth-order valence-electron chi connectivity index (χ4n) is 2.28.